The maximum atomic E-state index is 13.7. The predicted molar refractivity (Wildman–Crippen MR) is 155 cm³/mol. The molecule has 2 amide bonds. The van der Waals surface area contributed by atoms with E-state index in [0.29, 0.717) is 23.1 Å². The third-order valence-corrected chi connectivity index (χ3v) is 6.90. The molecule has 0 radical (unpaired) electrons. The maximum Gasteiger partial charge on any atom is 0.234 e. The van der Waals surface area contributed by atoms with E-state index < -0.39 is 0 Å². The van der Waals surface area contributed by atoms with Gasteiger partial charge in [-0.2, -0.15) is 0 Å². The van der Waals surface area contributed by atoms with Gasteiger partial charge in [0.1, 0.15) is 0 Å². The van der Waals surface area contributed by atoms with Crippen molar-refractivity contribution in [3.63, 3.8) is 0 Å². The molecule has 2 atom stereocenters. The molecule has 0 aliphatic carbocycles. The highest BCUT2D eigenvalue weighted by Crippen LogP contribution is 2.43. The normalized spacial score (nSPS) is 15.8. The van der Waals surface area contributed by atoms with Crippen molar-refractivity contribution in [2.75, 3.05) is 32.6 Å². The van der Waals surface area contributed by atoms with Gasteiger partial charge in [-0.15, -0.1) is 0 Å². The van der Waals surface area contributed by atoms with Gasteiger partial charge in [0.2, 0.25) is 11.8 Å². The Hall–Kier alpha value is -3.55. The first-order chi connectivity index (χ1) is 18.6. The van der Waals surface area contributed by atoms with Crippen molar-refractivity contribution in [2.24, 2.45) is 0 Å². The molecule has 7 nitrogen and oxygen atoms in total. The van der Waals surface area contributed by atoms with E-state index >= 15 is 0 Å². The summed E-state index contributed by atoms with van der Waals surface area (Å²) in [5.41, 5.74) is 4.53. The number of hydrogen-bond acceptors (Lipinski definition) is 5. The molecule has 0 saturated heterocycles. The highest BCUT2D eigenvalue weighted by molar-refractivity contribution is 6.30. The zero-order valence-corrected chi connectivity index (χ0v) is 24.1. The fourth-order valence-electron chi connectivity index (χ4n) is 4.91. The van der Waals surface area contributed by atoms with Crippen LogP contribution in [0.5, 0.6) is 11.5 Å². The van der Waals surface area contributed by atoms with Gasteiger partial charge in [-0.25, -0.2) is 0 Å². The third-order valence-electron chi connectivity index (χ3n) is 6.65. The van der Waals surface area contributed by atoms with Crippen LogP contribution in [0.2, 0.25) is 5.02 Å². The summed E-state index contributed by atoms with van der Waals surface area (Å²) in [5.74, 6) is 1.17. The number of anilines is 1. The topological polar surface area (TPSA) is 71.1 Å². The Labute approximate surface area is 235 Å². The van der Waals surface area contributed by atoms with Crippen LogP contribution >= 0.6 is 11.6 Å². The van der Waals surface area contributed by atoms with Gasteiger partial charge in [0.25, 0.3) is 0 Å². The Morgan fingerprint density at radius 2 is 1.72 bits per heavy atom. The molecule has 1 aliphatic rings. The zero-order valence-electron chi connectivity index (χ0n) is 23.3. The molecule has 0 aromatic heterocycles. The number of likely N-dealkylation sites (N-methyl/N-ethyl adjacent to an activating group) is 1. The molecule has 1 aliphatic heterocycles. The van der Waals surface area contributed by atoms with Crippen LogP contribution in [0.1, 0.15) is 55.1 Å². The van der Waals surface area contributed by atoms with Crippen molar-refractivity contribution in [3.05, 3.63) is 87.9 Å². The number of benzene rings is 3. The molecule has 0 spiro atoms. The van der Waals surface area contributed by atoms with Gasteiger partial charge in [0, 0.05) is 10.7 Å². The van der Waals surface area contributed by atoms with E-state index in [-0.39, 0.29) is 36.4 Å². The Bertz CT molecular complexity index is 1320. The second-order valence-corrected chi connectivity index (χ2v) is 10.8. The number of amides is 2. The molecule has 0 saturated carbocycles. The SMILES string of the molecule is COc1cc2c(cc1OC(C)C)C(c1ccc(Cl)cc1)N(c1ccc(C(C)NC(=O)CN(C)C)cc1)C(=O)C2. The van der Waals surface area contributed by atoms with Crippen LogP contribution in [-0.2, 0) is 16.0 Å². The fourth-order valence-corrected chi connectivity index (χ4v) is 5.04. The van der Waals surface area contributed by atoms with E-state index in [1.807, 2.05) is 105 Å². The van der Waals surface area contributed by atoms with Crippen LogP contribution in [0.4, 0.5) is 5.69 Å². The number of nitrogens with one attached hydrogen (secondary N) is 1. The Balaban J connectivity index is 1.74. The van der Waals surface area contributed by atoms with E-state index in [4.69, 9.17) is 21.1 Å². The lowest BCUT2D eigenvalue weighted by atomic mass is 9.86. The van der Waals surface area contributed by atoms with Crippen LogP contribution in [0.3, 0.4) is 0 Å². The minimum absolute atomic E-state index is 0.0258. The van der Waals surface area contributed by atoms with Crippen molar-refractivity contribution >= 4 is 29.1 Å². The zero-order chi connectivity index (χ0) is 28.3. The molecule has 8 heteroatoms. The average Bonchev–Trinajstić information content (AvgIpc) is 2.87. The first-order valence-corrected chi connectivity index (χ1v) is 13.4. The Morgan fingerprint density at radius 3 is 2.31 bits per heavy atom. The largest absolute Gasteiger partial charge is 0.493 e. The van der Waals surface area contributed by atoms with E-state index in [9.17, 15) is 9.59 Å². The molecular weight excluding hydrogens is 514 g/mol. The molecule has 3 aromatic carbocycles. The number of hydrogen-bond donors (Lipinski definition) is 1. The summed E-state index contributed by atoms with van der Waals surface area (Å²) in [5, 5.41) is 3.65. The summed E-state index contributed by atoms with van der Waals surface area (Å²) in [4.78, 5) is 29.6. The van der Waals surface area contributed by atoms with Gasteiger partial charge in [0.15, 0.2) is 11.5 Å². The summed E-state index contributed by atoms with van der Waals surface area (Å²) in [7, 11) is 5.32. The monoisotopic (exact) mass is 549 g/mol. The van der Waals surface area contributed by atoms with Gasteiger partial charge in [-0.3, -0.25) is 9.59 Å². The van der Waals surface area contributed by atoms with E-state index in [2.05, 4.69) is 5.32 Å². The average molecular weight is 550 g/mol. The standard InChI is InChI=1S/C31H36ClN3O4/c1-19(2)39-28-17-26-23(15-27(28)38-6)16-30(37)35(31(26)22-7-11-24(32)12-8-22)25-13-9-21(10-14-25)20(3)33-29(36)18-34(4)5/h7-15,17,19-20,31H,16,18H2,1-6H3,(H,33,36). The highest BCUT2D eigenvalue weighted by atomic mass is 35.5. The number of fused-ring (bicyclic) bond motifs is 1. The summed E-state index contributed by atoms with van der Waals surface area (Å²) in [6.07, 6.45) is 0.191. The summed E-state index contributed by atoms with van der Waals surface area (Å²) in [6.45, 7) is 6.21. The summed E-state index contributed by atoms with van der Waals surface area (Å²) < 4.78 is 11.7. The van der Waals surface area contributed by atoms with Crippen molar-refractivity contribution in [3.8, 4) is 11.5 Å². The van der Waals surface area contributed by atoms with Crippen LogP contribution in [0.25, 0.3) is 0 Å². The molecule has 3 aromatic rings. The number of carbonyl (C=O) groups excluding carboxylic acids is 2. The van der Waals surface area contributed by atoms with Crippen LogP contribution < -0.4 is 19.7 Å². The van der Waals surface area contributed by atoms with Crippen molar-refractivity contribution in [2.45, 2.75) is 45.4 Å². The van der Waals surface area contributed by atoms with Gasteiger partial charge >= 0.3 is 0 Å². The number of halogens is 1. The van der Waals surface area contributed by atoms with Crippen molar-refractivity contribution in [1.29, 1.82) is 0 Å². The molecule has 1 heterocycles. The predicted octanol–water partition coefficient (Wildman–Crippen LogP) is 5.55. The molecule has 0 fully saturated rings. The summed E-state index contributed by atoms with van der Waals surface area (Å²) in [6, 6.07) is 18.7. The lowest BCUT2D eigenvalue weighted by Crippen LogP contribution is -2.41. The van der Waals surface area contributed by atoms with E-state index in [1.165, 1.54) is 0 Å². The number of carbonyl (C=O) groups is 2. The second-order valence-electron chi connectivity index (χ2n) is 10.4. The number of ether oxygens (including phenoxy) is 2. The van der Waals surface area contributed by atoms with Gasteiger partial charge in [-0.1, -0.05) is 35.9 Å². The van der Waals surface area contributed by atoms with Crippen molar-refractivity contribution < 1.29 is 19.1 Å². The van der Waals surface area contributed by atoms with Crippen LogP contribution in [0.15, 0.2) is 60.7 Å². The van der Waals surface area contributed by atoms with E-state index in [0.717, 1.165) is 27.9 Å². The number of rotatable bonds is 9. The van der Waals surface area contributed by atoms with Crippen LogP contribution in [0, 0.1) is 0 Å². The number of methoxy groups -OCH3 is 1. The highest BCUT2D eigenvalue weighted by Gasteiger charge is 2.36. The minimum Gasteiger partial charge on any atom is -0.493 e. The van der Waals surface area contributed by atoms with Gasteiger partial charge in [0.05, 0.1) is 38.3 Å². The second kappa shape index (κ2) is 12.1. The molecule has 2 unspecified atom stereocenters. The first kappa shape index (κ1) is 28.5. The number of nitrogens with zero attached hydrogens (tertiary/aromatic N) is 2. The van der Waals surface area contributed by atoms with Gasteiger partial charge < -0.3 is 24.6 Å². The molecule has 1 N–H and O–H groups in total. The van der Waals surface area contributed by atoms with Crippen molar-refractivity contribution in [1.82, 2.24) is 10.2 Å². The lowest BCUT2D eigenvalue weighted by Gasteiger charge is -2.38. The van der Waals surface area contributed by atoms with Crippen LogP contribution in [-0.4, -0.2) is 50.6 Å². The molecule has 4 rings (SSSR count). The molecule has 0 bridgehead atoms. The van der Waals surface area contributed by atoms with Gasteiger partial charge in [-0.05, 0) is 93.5 Å². The Kier molecular flexibility index (Phi) is 8.83. The molecule has 206 valence electrons. The van der Waals surface area contributed by atoms with E-state index in [1.54, 1.807) is 7.11 Å². The minimum atomic E-state index is -0.387. The third kappa shape index (κ3) is 6.54. The summed E-state index contributed by atoms with van der Waals surface area (Å²) >= 11 is 6.22. The Morgan fingerprint density at radius 1 is 1.05 bits per heavy atom. The molecular formula is C31H36ClN3O4. The quantitative estimate of drug-likeness (QED) is 0.379. The first-order valence-electron chi connectivity index (χ1n) is 13.1. The molecule has 39 heavy (non-hydrogen) atoms. The smallest absolute Gasteiger partial charge is 0.234 e. The fraction of sp³-hybridized carbons (Fsp3) is 0.355. The lowest BCUT2D eigenvalue weighted by molar-refractivity contribution is -0.122. The maximum absolute atomic E-state index is 13.7.